The summed E-state index contributed by atoms with van der Waals surface area (Å²) >= 11 is 2.59. The van der Waals surface area contributed by atoms with Crippen LogP contribution in [0.5, 0.6) is 0 Å². The van der Waals surface area contributed by atoms with Gasteiger partial charge in [0, 0.05) is 16.6 Å². The van der Waals surface area contributed by atoms with Crippen molar-refractivity contribution >= 4 is 45.0 Å². The molecule has 19 heavy (non-hydrogen) atoms. The minimum absolute atomic E-state index is 0.0896. The van der Waals surface area contributed by atoms with Crippen molar-refractivity contribution in [2.75, 3.05) is 16.4 Å². The zero-order valence-corrected chi connectivity index (χ0v) is 11.4. The zero-order valence-electron chi connectivity index (χ0n) is 9.79. The van der Waals surface area contributed by atoms with Gasteiger partial charge in [0.25, 0.3) is 0 Å². The molecule has 2 aromatic rings. The Hall–Kier alpha value is -1.86. The molecule has 5 nitrogen and oxygen atoms in total. The lowest BCUT2D eigenvalue weighted by atomic mass is 10.1. The summed E-state index contributed by atoms with van der Waals surface area (Å²) in [4.78, 5) is 17.5. The number of nitrogen functional groups attached to an aromatic ring is 1. The Balaban J connectivity index is 1.93. The summed E-state index contributed by atoms with van der Waals surface area (Å²) in [6.45, 7) is 0. The largest absolute Gasteiger partial charge is 0.399 e. The van der Waals surface area contributed by atoms with Gasteiger partial charge in [0.15, 0.2) is 10.3 Å². The van der Waals surface area contributed by atoms with Gasteiger partial charge in [-0.25, -0.2) is 9.88 Å². The van der Waals surface area contributed by atoms with Crippen molar-refractivity contribution in [3.8, 4) is 11.3 Å². The van der Waals surface area contributed by atoms with Crippen LogP contribution in [0, 0.1) is 5.41 Å². The van der Waals surface area contributed by atoms with E-state index in [-0.39, 0.29) is 11.1 Å². The van der Waals surface area contributed by atoms with Crippen molar-refractivity contribution < 1.29 is 4.79 Å². The lowest BCUT2D eigenvalue weighted by Crippen LogP contribution is -2.28. The number of rotatable bonds is 2. The van der Waals surface area contributed by atoms with E-state index in [0.717, 1.165) is 11.3 Å². The number of hydrogen-bond donors (Lipinski definition) is 2. The van der Waals surface area contributed by atoms with E-state index in [2.05, 4.69) is 4.98 Å². The topological polar surface area (TPSA) is 83.1 Å². The molecule has 1 amide bonds. The second-order valence-electron chi connectivity index (χ2n) is 3.96. The lowest BCUT2D eigenvalue weighted by Gasteiger charge is -2.09. The maximum Gasteiger partial charge on any atom is 0.245 e. The number of amidine groups is 1. The number of nitrogens with one attached hydrogen (secondary N) is 1. The Bertz CT molecular complexity index is 634. The number of nitrogens with zero attached hydrogens (tertiary/aromatic N) is 2. The summed E-state index contributed by atoms with van der Waals surface area (Å²) in [6.07, 6.45) is 0. The van der Waals surface area contributed by atoms with E-state index in [1.54, 1.807) is 0 Å². The van der Waals surface area contributed by atoms with Gasteiger partial charge in [-0.2, -0.15) is 0 Å². The highest BCUT2D eigenvalue weighted by atomic mass is 32.2. The summed E-state index contributed by atoms with van der Waals surface area (Å²) in [5, 5.41) is 10.4. The van der Waals surface area contributed by atoms with Crippen LogP contribution in [0.3, 0.4) is 0 Å². The first kappa shape index (κ1) is 12.2. The van der Waals surface area contributed by atoms with Crippen LogP contribution in [-0.4, -0.2) is 21.8 Å². The van der Waals surface area contributed by atoms with Crippen LogP contribution in [0.15, 0.2) is 29.6 Å². The summed E-state index contributed by atoms with van der Waals surface area (Å²) in [5.41, 5.74) is 8.08. The average Bonchev–Trinajstić information content (AvgIpc) is 2.98. The van der Waals surface area contributed by atoms with Crippen molar-refractivity contribution in [3.63, 3.8) is 0 Å². The van der Waals surface area contributed by atoms with E-state index >= 15 is 0 Å². The average molecular weight is 290 g/mol. The molecule has 1 aliphatic rings. The first-order valence-corrected chi connectivity index (χ1v) is 7.37. The zero-order chi connectivity index (χ0) is 13.4. The highest BCUT2D eigenvalue weighted by Crippen LogP contribution is 2.32. The van der Waals surface area contributed by atoms with Crippen LogP contribution in [0.25, 0.3) is 11.3 Å². The van der Waals surface area contributed by atoms with Crippen LogP contribution in [0.1, 0.15) is 0 Å². The fourth-order valence-corrected chi connectivity index (χ4v) is 3.34. The first-order chi connectivity index (χ1) is 9.15. The number of carbonyl (C=O) groups excluding carboxylic acids is 1. The molecular formula is C12H10N4OS2. The predicted molar refractivity (Wildman–Crippen MR) is 79.6 cm³/mol. The molecule has 2 heterocycles. The number of nitrogens with two attached hydrogens (primary N) is 1. The maximum absolute atomic E-state index is 11.7. The van der Waals surface area contributed by atoms with E-state index in [4.69, 9.17) is 11.1 Å². The molecule has 7 heteroatoms. The fourth-order valence-electron chi connectivity index (χ4n) is 1.72. The number of anilines is 2. The maximum atomic E-state index is 11.7. The molecule has 0 atom stereocenters. The van der Waals surface area contributed by atoms with Gasteiger partial charge < -0.3 is 5.73 Å². The number of hydrogen-bond acceptors (Lipinski definition) is 6. The van der Waals surface area contributed by atoms with Crippen LogP contribution in [0.4, 0.5) is 10.8 Å². The smallest absolute Gasteiger partial charge is 0.245 e. The molecule has 1 aromatic carbocycles. The van der Waals surface area contributed by atoms with Crippen molar-refractivity contribution in [3.05, 3.63) is 29.6 Å². The quantitative estimate of drug-likeness (QED) is 0.832. The molecule has 0 saturated carbocycles. The first-order valence-electron chi connectivity index (χ1n) is 5.51. The Morgan fingerprint density at radius 3 is 2.68 bits per heavy atom. The molecule has 0 unspecified atom stereocenters. The van der Waals surface area contributed by atoms with Gasteiger partial charge in [0.05, 0.1) is 11.4 Å². The van der Waals surface area contributed by atoms with E-state index < -0.39 is 0 Å². The van der Waals surface area contributed by atoms with Gasteiger partial charge in [-0.05, 0) is 12.1 Å². The molecule has 0 aliphatic carbocycles. The van der Waals surface area contributed by atoms with E-state index in [1.807, 2.05) is 29.6 Å². The Morgan fingerprint density at radius 2 is 2.05 bits per heavy atom. The second-order valence-corrected chi connectivity index (χ2v) is 5.76. The van der Waals surface area contributed by atoms with Crippen LogP contribution >= 0.6 is 23.1 Å². The molecule has 0 radical (unpaired) electrons. The van der Waals surface area contributed by atoms with Crippen molar-refractivity contribution in [2.45, 2.75) is 0 Å². The van der Waals surface area contributed by atoms with Crippen LogP contribution in [-0.2, 0) is 4.79 Å². The third kappa shape index (κ3) is 2.22. The Kier molecular flexibility index (Phi) is 3.00. The second kappa shape index (κ2) is 4.67. The fraction of sp³-hybridized carbons (Fsp3) is 0.0833. The molecule has 1 aliphatic heterocycles. The van der Waals surface area contributed by atoms with Gasteiger partial charge in [-0.3, -0.25) is 10.2 Å². The highest BCUT2D eigenvalue weighted by Gasteiger charge is 2.30. The number of carbonyl (C=O) groups is 1. The van der Waals surface area contributed by atoms with Crippen molar-refractivity contribution in [1.82, 2.24) is 4.98 Å². The number of thiazole rings is 1. The molecule has 96 valence electrons. The summed E-state index contributed by atoms with van der Waals surface area (Å²) in [6, 6.07) is 7.40. The third-order valence-corrected chi connectivity index (χ3v) is 4.35. The number of amides is 1. The molecule has 3 rings (SSSR count). The summed E-state index contributed by atoms with van der Waals surface area (Å²) < 4.78 is 0. The molecule has 1 aromatic heterocycles. The Morgan fingerprint density at radius 1 is 1.32 bits per heavy atom. The Labute approximate surface area is 118 Å². The summed E-state index contributed by atoms with van der Waals surface area (Å²) in [5.74, 6) is 0.225. The highest BCUT2D eigenvalue weighted by molar-refractivity contribution is 8.15. The van der Waals surface area contributed by atoms with Crippen LogP contribution < -0.4 is 10.6 Å². The minimum atomic E-state index is -0.0896. The molecular weight excluding hydrogens is 280 g/mol. The lowest BCUT2D eigenvalue weighted by molar-refractivity contribution is -0.115. The normalized spacial score (nSPS) is 15.3. The van der Waals surface area contributed by atoms with Gasteiger partial charge in [0.2, 0.25) is 5.91 Å². The minimum Gasteiger partial charge on any atom is -0.399 e. The molecule has 0 bridgehead atoms. The van der Waals surface area contributed by atoms with Gasteiger partial charge in [-0.15, -0.1) is 11.3 Å². The van der Waals surface area contributed by atoms with Crippen molar-refractivity contribution in [2.24, 2.45) is 0 Å². The third-order valence-electron chi connectivity index (χ3n) is 2.67. The van der Waals surface area contributed by atoms with Gasteiger partial charge in [-0.1, -0.05) is 23.9 Å². The van der Waals surface area contributed by atoms with E-state index in [9.17, 15) is 4.79 Å². The van der Waals surface area contributed by atoms with Crippen LogP contribution in [0.2, 0.25) is 0 Å². The van der Waals surface area contributed by atoms with Crippen molar-refractivity contribution in [1.29, 1.82) is 5.41 Å². The van der Waals surface area contributed by atoms with E-state index in [0.29, 0.717) is 16.6 Å². The molecule has 0 spiro atoms. The monoisotopic (exact) mass is 290 g/mol. The summed E-state index contributed by atoms with van der Waals surface area (Å²) in [7, 11) is 0. The number of aromatic nitrogens is 1. The SMILES string of the molecule is N=C1SCC(=O)N1c1nc(-c2ccc(N)cc2)cs1. The predicted octanol–water partition coefficient (Wildman–Crippen LogP) is 2.41. The standard InChI is InChI=1S/C12H10N4OS2/c13-8-3-1-7(2-4-8)9-5-19-12(15-9)16-10(17)6-18-11(16)14/h1-5,14H,6,13H2. The van der Waals surface area contributed by atoms with Gasteiger partial charge in [0.1, 0.15) is 0 Å². The van der Waals surface area contributed by atoms with E-state index in [1.165, 1.54) is 28.0 Å². The molecule has 3 N–H and O–H groups in total. The molecule has 1 fully saturated rings. The number of benzene rings is 1. The number of thioether (sulfide) groups is 1. The molecule has 1 saturated heterocycles. The van der Waals surface area contributed by atoms with Gasteiger partial charge >= 0.3 is 0 Å².